The van der Waals surface area contributed by atoms with E-state index in [4.69, 9.17) is 9.47 Å². The Bertz CT molecular complexity index is 622. The molecule has 2 aromatic carbocycles. The molecule has 0 fully saturated rings. The number of carbonyl (C=O) groups is 1. The van der Waals surface area contributed by atoms with Gasteiger partial charge in [-0.15, -0.1) is 6.58 Å². The number of benzene rings is 2. The Labute approximate surface area is 143 Å². The molecular weight excluding hydrogens is 300 g/mol. The fraction of sp³-hybridized carbons (Fsp3) is 0.286. The van der Waals surface area contributed by atoms with Gasteiger partial charge in [0.15, 0.2) is 0 Å². The van der Waals surface area contributed by atoms with Crippen LogP contribution in [-0.4, -0.2) is 12.3 Å². The van der Waals surface area contributed by atoms with E-state index in [0.717, 1.165) is 12.0 Å². The Morgan fingerprint density at radius 2 is 1.71 bits per heavy atom. The molecule has 0 aliphatic rings. The van der Waals surface area contributed by atoms with Crippen LogP contribution >= 0.6 is 0 Å². The molecule has 0 aliphatic carbocycles. The summed E-state index contributed by atoms with van der Waals surface area (Å²) in [6.45, 7) is 5.21. The number of hydrogen-bond acceptors (Lipinski definition) is 3. The third kappa shape index (κ3) is 6.01. The number of aryl methyl sites for hydroxylation is 1. The van der Waals surface area contributed by atoms with Crippen LogP contribution in [-0.2, 0) is 20.7 Å². The second-order valence-electron chi connectivity index (χ2n) is 5.62. The number of carbonyl (C=O) groups excluding carboxylic acids is 1. The Balaban J connectivity index is 2.04. The SMILES string of the molecule is C=CC[C@@H](OC(CCc1ccccc1)OC(C)=O)c1ccccc1. The number of rotatable bonds is 9. The summed E-state index contributed by atoms with van der Waals surface area (Å²) >= 11 is 0. The highest BCUT2D eigenvalue weighted by Crippen LogP contribution is 2.25. The van der Waals surface area contributed by atoms with Gasteiger partial charge in [0.25, 0.3) is 0 Å². The molecule has 3 nitrogen and oxygen atoms in total. The van der Waals surface area contributed by atoms with Crippen molar-refractivity contribution in [2.45, 2.75) is 38.6 Å². The maximum atomic E-state index is 11.4. The molecule has 3 heteroatoms. The molecule has 0 saturated heterocycles. The maximum absolute atomic E-state index is 11.4. The van der Waals surface area contributed by atoms with Crippen molar-refractivity contribution < 1.29 is 14.3 Å². The summed E-state index contributed by atoms with van der Waals surface area (Å²) in [6.07, 6.45) is 3.13. The molecule has 0 aliphatic heterocycles. The van der Waals surface area contributed by atoms with Crippen LogP contribution in [0.2, 0.25) is 0 Å². The highest BCUT2D eigenvalue weighted by atomic mass is 16.7. The van der Waals surface area contributed by atoms with Gasteiger partial charge < -0.3 is 9.47 Å². The molecular formula is C21H24O3. The Morgan fingerprint density at radius 3 is 2.29 bits per heavy atom. The Morgan fingerprint density at radius 1 is 1.08 bits per heavy atom. The van der Waals surface area contributed by atoms with Crippen LogP contribution in [0.5, 0.6) is 0 Å². The first kappa shape index (κ1) is 18.0. The van der Waals surface area contributed by atoms with Gasteiger partial charge in [-0.25, -0.2) is 0 Å². The average molecular weight is 324 g/mol. The molecule has 0 amide bonds. The van der Waals surface area contributed by atoms with E-state index >= 15 is 0 Å². The predicted molar refractivity (Wildman–Crippen MR) is 95.4 cm³/mol. The van der Waals surface area contributed by atoms with E-state index in [2.05, 4.69) is 18.7 Å². The lowest BCUT2D eigenvalue weighted by molar-refractivity contribution is -0.190. The quantitative estimate of drug-likeness (QED) is 0.376. The van der Waals surface area contributed by atoms with E-state index in [9.17, 15) is 4.79 Å². The molecule has 0 aromatic heterocycles. The number of hydrogen-bond donors (Lipinski definition) is 0. The Kier molecular flexibility index (Phi) is 7.24. The van der Waals surface area contributed by atoms with E-state index in [0.29, 0.717) is 12.8 Å². The molecule has 0 bridgehead atoms. The smallest absolute Gasteiger partial charge is 0.304 e. The molecule has 0 heterocycles. The molecule has 0 saturated carbocycles. The summed E-state index contributed by atoms with van der Waals surface area (Å²) < 4.78 is 11.5. The zero-order valence-corrected chi connectivity index (χ0v) is 14.1. The lowest BCUT2D eigenvalue weighted by Gasteiger charge is -2.24. The van der Waals surface area contributed by atoms with E-state index in [1.807, 2.05) is 54.6 Å². The van der Waals surface area contributed by atoms with Gasteiger partial charge in [0.2, 0.25) is 6.29 Å². The monoisotopic (exact) mass is 324 g/mol. The third-order valence-corrected chi connectivity index (χ3v) is 3.68. The molecule has 1 unspecified atom stereocenters. The maximum Gasteiger partial charge on any atom is 0.304 e. The largest absolute Gasteiger partial charge is 0.436 e. The molecule has 0 N–H and O–H groups in total. The van der Waals surface area contributed by atoms with Gasteiger partial charge in [-0.3, -0.25) is 4.79 Å². The van der Waals surface area contributed by atoms with Crippen LogP contribution < -0.4 is 0 Å². The van der Waals surface area contributed by atoms with Crippen molar-refractivity contribution in [1.82, 2.24) is 0 Å². The van der Waals surface area contributed by atoms with Crippen LogP contribution in [0.15, 0.2) is 73.3 Å². The summed E-state index contributed by atoms with van der Waals surface area (Å²) in [7, 11) is 0. The third-order valence-electron chi connectivity index (χ3n) is 3.68. The highest BCUT2D eigenvalue weighted by molar-refractivity contribution is 5.66. The molecule has 2 aromatic rings. The zero-order valence-electron chi connectivity index (χ0n) is 14.1. The fourth-order valence-electron chi connectivity index (χ4n) is 2.54. The zero-order chi connectivity index (χ0) is 17.2. The summed E-state index contributed by atoms with van der Waals surface area (Å²) in [5, 5.41) is 0. The van der Waals surface area contributed by atoms with Gasteiger partial charge in [-0.1, -0.05) is 66.7 Å². The minimum absolute atomic E-state index is 0.177. The van der Waals surface area contributed by atoms with Gasteiger partial charge >= 0.3 is 5.97 Å². The molecule has 2 rings (SSSR count). The second-order valence-corrected chi connectivity index (χ2v) is 5.62. The van der Waals surface area contributed by atoms with Crippen LogP contribution in [0.4, 0.5) is 0 Å². The van der Waals surface area contributed by atoms with E-state index in [1.165, 1.54) is 12.5 Å². The lowest BCUT2D eigenvalue weighted by Crippen LogP contribution is -2.23. The number of esters is 1. The fourth-order valence-corrected chi connectivity index (χ4v) is 2.54. The predicted octanol–water partition coefficient (Wildman–Crippen LogP) is 4.84. The van der Waals surface area contributed by atoms with Gasteiger partial charge in [-0.05, 0) is 24.0 Å². The molecule has 0 radical (unpaired) electrons. The Hall–Kier alpha value is -2.39. The molecule has 126 valence electrons. The van der Waals surface area contributed by atoms with Crippen molar-refractivity contribution in [3.05, 3.63) is 84.4 Å². The van der Waals surface area contributed by atoms with Crippen molar-refractivity contribution in [3.8, 4) is 0 Å². The van der Waals surface area contributed by atoms with Gasteiger partial charge in [0, 0.05) is 13.3 Å². The summed E-state index contributed by atoms with van der Waals surface area (Å²) in [4.78, 5) is 11.4. The summed E-state index contributed by atoms with van der Waals surface area (Å²) in [6, 6.07) is 20.0. The average Bonchev–Trinajstić information content (AvgIpc) is 2.60. The van der Waals surface area contributed by atoms with E-state index in [1.54, 1.807) is 0 Å². The summed E-state index contributed by atoms with van der Waals surface area (Å²) in [5.41, 5.74) is 2.24. The van der Waals surface area contributed by atoms with Crippen molar-refractivity contribution in [2.75, 3.05) is 0 Å². The van der Waals surface area contributed by atoms with Gasteiger partial charge in [0.1, 0.15) is 0 Å². The standard InChI is InChI=1S/C21H24O3/c1-3-10-20(19-13-8-5-9-14-19)24-21(23-17(2)22)16-15-18-11-6-4-7-12-18/h3-9,11-14,20-21H,1,10,15-16H2,2H3/t20-,21?/m1/s1. The van der Waals surface area contributed by atoms with Crippen molar-refractivity contribution in [1.29, 1.82) is 0 Å². The minimum atomic E-state index is -0.576. The summed E-state index contributed by atoms with van der Waals surface area (Å²) in [5.74, 6) is -0.335. The van der Waals surface area contributed by atoms with E-state index < -0.39 is 6.29 Å². The molecule has 0 spiro atoms. The normalized spacial score (nSPS) is 13.0. The second kappa shape index (κ2) is 9.68. The highest BCUT2D eigenvalue weighted by Gasteiger charge is 2.19. The van der Waals surface area contributed by atoms with Crippen LogP contribution in [0, 0.1) is 0 Å². The van der Waals surface area contributed by atoms with E-state index in [-0.39, 0.29) is 12.1 Å². The lowest BCUT2D eigenvalue weighted by atomic mass is 10.1. The minimum Gasteiger partial charge on any atom is -0.436 e. The molecule has 2 atom stereocenters. The van der Waals surface area contributed by atoms with Gasteiger partial charge in [-0.2, -0.15) is 0 Å². The number of ether oxygens (including phenoxy) is 2. The van der Waals surface area contributed by atoms with Crippen LogP contribution in [0.3, 0.4) is 0 Å². The first-order valence-corrected chi connectivity index (χ1v) is 8.21. The van der Waals surface area contributed by atoms with Gasteiger partial charge in [0.05, 0.1) is 6.10 Å². The van der Waals surface area contributed by atoms with Crippen LogP contribution in [0.25, 0.3) is 0 Å². The van der Waals surface area contributed by atoms with Crippen molar-refractivity contribution in [2.24, 2.45) is 0 Å². The van der Waals surface area contributed by atoms with Crippen LogP contribution in [0.1, 0.15) is 37.0 Å². The first-order chi connectivity index (χ1) is 11.7. The van der Waals surface area contributed by atoms with Crippen molar-refractivity contribution in [3.63, 3.8) is 0 Å². The molecule has 24 heavy (non-hydrogen) atoms. The topological polar surface area (TPSA) is 35.5 Å². The first-order valence-electron chi connectivity index (χ1n) is 8.21. The van der Waals surface area contributed by atoms with Crippen molar-refractivity contribution >= 4 is 5.97 Å².